The van der Waals surface area contributed by atoms with Crippen LogP contribution >= 0.6 is 0 Å². The molecule has 2 aromatic carbocycles. The molecule has 4 rings (SSSR count). The van der Waals surface area contributed by atoms with E-state index in [9.17, 15) is 24.5 Å². The number of imide groups is 2. The third-order valence-corrected chi connectivity index (χ3v) is 5.08. The first-order chi connectivity index (χ1) is 14.4. The van der Waals surface area contributed by atoms with E-state index in [1.807, 2.05) is 12.1 Å². The summed E-state index contributed by atoms with van der Waals surface area (Å²) in [5.74, 6) is -1.65. The molecule has 9 nitrogen and oxygen atoms in total. The van der Waals surface area contributed by atoms with Crippen LogP contribution < -0.4 is 15.1 Å². The Labute approximate surface area is 171 Å². The number of nitro benzene ring substituents is 1. The number of hydrogen-bond acceptors (Lipinski definition) is 6. The Morgan fingerprint density at radius 1 is 0.967 bits per heavy atom. The third-order valence-electron chi connectivity index (χ3n) is 5.08. The number of carbonyl (C=O) groups excluding carboxylic acids is 3. The van der Waals surface area contributed by atoms with E-state index in [2.05, 4.69) is 10.2 Å². The van der Waals surface area contributed by atoms with Gasteiger partial charge in [0.25, 0.3) is 17.5 Å². The molecule has 2 aromatic rings. The summed E-state index contributed by atoms with van der Waals surface area (Å²) in [6.07, 6.45) is 3.71. The quantitative estimate of drug-likeness (QED) is 0.362. The molecular weight excluding hydrogens is 388 g/mol. The lowest BCUT2D eigenvalue weighted by atomic mass is 10.1. The zero-order chi connectivity index (χ0) is 21.3. The number of non-ortho nitro benzene ring substituents is 1. The average Bonchev–Trinajstić information content (AvgIpc) is 3.26. The van der Waals surface area contributed by atoms with Gasteiger partial charge in [-0.2, -0.15) is 0 Å². The first kappa shape index (κ1) is 19.3. The lowest BCUT2D eigenvalue weighted by Crippen LogP contribution is -2.54. The minimum absolute atomic E-state index is 0.00878. The van der Waals surface area contributed by atoms with Crippen LogP contribution in [0.25, 0.3) is 6.08 Å². The maximum Gasteiger partial charge on any atom is 0.335 e. The monoisotopic (exact) mass is 406 g/mol. The number of nitrogens with zero attached hydrogens (tertiary/aromatic N) is 3. The summed E-state index contributed by atoms with van der Waals surface area (Å²) < 4.78 is 0. The smallest absolute Gasteiger partial charge is 0.335 e. The van der Waals surface area contributed by atoms with Crippen molar-refractivity contribution >= 4 is 41.0 Å². The minimum Gasteiger partial charge on any atom is -0.372 e. The van der Waals surface area contributed by atoms with Gasteiger partial charge in [-0.3, -0.25) is 25.0 Å². The molecule has 0 aliphatic carbocycles. The van der Waals surface area contributed by atoms with E-state index in [-0.39, 0.29) is 16.9 Å². The number of rotatable bonds is 4. The molecule has 0 bridgehead atoms. The molecule has 0 aromatic heterocycles. The van der Waals surface area contributed by atoms with Gasteiger partial charge in [0.2, 0.25) is 0 Å². The number of hydrogen-bond donors (Lipinski definition) is 1. The van der Waals surface area contributed by atoms with Crippen molar-refractivity contribution in [3.05, 3.63) is 69.8 Å². The van der Waals surface area contributed by atoms with Gasteiger partial charge in [-0.05, 0) is 42.7 Å². The van der Waals surface area contributed by atoms with Gasteiger partial charge in [0, 0.05) is 30.9 Å². The molecule has 152 valence electrons. The van der Waals surface area contributed by atoms with Crippen LogP contribution in [0.1, 0.15) is 18.4 Å². The molecule has 1 N–H and O–H groups in total. The fraction of sp³-hybridized carbons (Fsp3) is 0.190. The molecule has 30 heavy (non-hydrogen) atoms. The van der Waals surface area contributed by atoms with E-state index in [4.69, 9.17) is 0 Å². The molecular formula is C21H18N4O5. The molecule has 4 amide bonds. The van der Waals surface area contributed by atoms with Crippen LogP contribution in [-0.2, 0) is 9.59 Å². The van der Waals surface area contributed by atoms with Crippen LogP contribution in [0.2, 0.25) is 0 Å². The lowest BCUT2D eigenvalue weighted by molar-refractivity contribution is -0.384. The molecule has 2 heterocycles. The van der Waals surface area contributed by atoms with E-state index in [0.29, 0.717) is 5.56 Å². The number of anilines is 2. The van der Waals surface area contributed by atoms with E-state index < -0.39 is 22.8 Å². The van der Waals surface area contributed by atoms with Crippen LogP contribution in [0.5, 0.6) is 0 Å². The van der Waals surface area contributed by atoms with E-state index in [1.54, 1.807) is 12.1 Å². The van der Waals surface area contributed by atoms with Crippen molar-refractivity contribution in [2.45, 2.75) is 12.8 Å². The number of nitrogens with one attached hydrogen (secondary N) is 1. The van der Waals surface area contributed by atoms with E-state index in [1.165, 1.54) is 24.3 Å². The first-order valence-electron chi connectivity index (χ1n) is 9.45. The number of carbonyl (C=O) groups is 3. The minimum atomic E-state index is -0.952. The molecule has 0 radical (unpaired) electrons. The van der Waals surface area contributed by atoms with Crippen molar-refractivity contribution < 1.29 is 19.3 Å². The van der Waals surface area contributed by atoms with Crippen LogP contribution in [-0.4, -0.2) is 35.9 Å². The van der Waals surface area contributed by atoms with Crippen LogP contribution in [0.3, 0.4) is 0 Å². The highest BCUT2D eigenvalue weighted by Gasteiger charge is 2.37. The largest absolute Gasteiger partial charge is 0.372 e. The SMILES string of the molecule is O=C1NC(=O)N(c2cccc([N+](=O)[O-])c2)C(=O)/C1=C/c1ccc(N2CCCC2)cc1. The standard InChI is InChI=1S/C21H18N4O5/c26-19-18(12-14-6-8-15(9-7-14)23-10-1-2-11-23)20(27)24(21(28)22-19)16-4-3-5-17(13-16)25(29)30/h3-9,12-13H,1-2,10-11H2,(H,22,26,28)/b18-12+. The summed E-state index contributed by atoms with van der Waals surface area (Å²) >= 11 is 0. The average molecular weight is 406 g/mol. The molecule has 2 saturated heterocycles. The summed E-state index contributed by atoms with van der Waals surface area (Å²) in [6, 6.07) is 11.6. The number of barbiturate groups is 1. The van der Waals surface area contributed by atoms with Crippen molar-refractivity contribution in [1.29, 1.82) is 0 Å². The number of nitro groups is 1. The molecule has 0 unspecified atom stereocenters. The summed E-state index contributed by atoms with van der Waals surface area (Å²) in [5, 5.41) is 13.1. The van der Waals surface area contributed by atoms with Gasteiger partial charge in [0.1, 0.15) is 5.57 Å². The second-order valence-electron chi connectivity index (χ2n) is 7.02. The first-order valence-corrected chi connectivity index (χ1v) is 9.45. The Morgan fingerprint density at radius 2 is 1.67 bits per heavy atom. The molecule has 2 fully saturated rings. The predicted molar refractivity (Wildman–Crippen MR) is 110 cm³/mol. The van der Waals surface area contributed by atoms with Crippen molar-refractivity contribution in [3.63, 3.8) is 0 Å². The Balaban J connectivity index is 1.63. The number of benzene rings is 2. The Hall–Kier alpha value is -4.01. The Kier molecular flexibility index (Phi) is 5.01. The second-order valence-corrected chi connectivity index (χ2v) is 7.02. The molecule has 2 aliphatic rings. The Bertz CT molecular complexity index is 1070. The van der Waals surface area contributed by atoms with Gasteiger partial charge in [0.05, 0.1) is 10.6 Å². The maximum absolute atomic E-state index is 12.9. The normalized spacial score (nSPS) is 18.1. The lowest BCUT2D eigenvalue weighted by Gasteiger charge is -2.26. The maximum atomic E-state index is 12.9. The number of amides is 4. The van der Waals surface area contributed by atoms with Gasteiger partial charge in [-0.15, -0.1) is 0 Å². The van der Waals surface area contributed by atoms with Gasteiger partial charge in [-0.25, -0.2) is 9.69 Å². The molecule has 0 spiro atoms. The fourth-order valence-corrected chi connectivity index (χ4v) is 3.56. The van der Waals surface area contributed by atoms with Crippen molar-refractivity contribution in [2.75, 3.05) is 22.9 Å². The Morgan fingerprint density at radius 3 is 2.33 bits per heavy atom. The van der Waals surface area contributed by atoms with Gasteiger partial charge in [0.15, 0.2) is 0 Å². The zero-order valence-electron chi connectivity index (χ0n) is 15.9. The summed E-state index contributed by atoms with van der Waals surface area (Å²) in [4.78, 5) is 50.8. The molecule has 0 saturated carbocycles. The van der Waals surface area contributed by atoms with Gasteiger partial charge < -0.3 is 4.90 Å². The molecule has 9 heteroatoms. The zero-order valence-corrected chi connectivity index (χ0v) is 15.9. The summed E-state index contributed by atoms with van der Waals surface area (Å²) in [7, 11) is 0. The van der Waals surface area contributed by atoms with Crippen molar-refractivity contribution in [3.8, 4) is 0 Å². The van der Waals surface area contributed by atoms with E-state index in [0.717, 1.165) is 42.6 Å². The van der Waals surface area contributed by atoms with Crippen molar-refractivity contribution in [2.24, 2.45) is 0 Å². The molecule has 2 aliphatic heterocycles. The van der Waals surface area contributed by atoms with Crippen molar-refractivity contribution in [1.82, 2.24) is 5.32 Å². The molecule has 0 atom stereocenters. The van der Waals surface area contributed by atoms with Gasteiger partial charge in [-0.1, -0.05) is 18.2 Å². The summed E-state index contributed by atoms with van der Waals surface area (Å²) in [6.45, 7) is 2.00. The summed E-state index contributed by atoms with van der Waals surface area (Å²) in [5.41, 5.74) is 1.21. The van der Waals surface area contributed by atoms with Gasteiger partial charge >= 0.3 is 6.03 Å². The van der Waals surface area contributed by atoms with Crippen LogP contribution in [0, 0.1) is 10.1 Å². The highest BCUT2D eigenvalue weighted by atomic mass is 16.6. The predicted octanol–water partition coefficient (Wildman–Crippen LogP) is 2.86. The van der Waals surface area contributed by atoms with Crippen LogP contribution in [0.4, 0.5) is 21.9 Å². The van der Waals surface area contributed by atoms with Crippen LogP contribution in [0.15, 0.2) is 54.1 Å². The third kappa shape index (κ3) is 3.64. The highest BCUT2D eigenvalue weighted by molar-refractivity contribution is 6.39. The van der Waals surface area contributed by atoms with E-state index >= 15 is 0 Å². The number of urea groups is 1. The topological polar surface area (TPSA) is 113 Å². The second kappa shape index (κ2) is 7.78. The fourth-order valence-electron chi connectivity index (χ4n) is 3.56. The highest BCUT2D eigenvalue weighted by Crippen LogP contribution is 2.26.